The normalized spacial score (nSPS) is 12.5. The highest BCUT2D eigenvalue weighted by molar-refractivity contribution is 9.10. The van der Waals surface area contributed by atoms with Crippen molar-refractivity contribution in [3.8, 4) is 22.9 Å². The molecule has 2 heterocycles. The molecule has 1 aliphatic rings. The number of benzene rings is 1. The number of ether oxygens (including phenoxy) is 2. The Morgan fingerprint density at radius 3 is 3.00 bits per heavy atom. The van der Waals surface area contributed by atoms with Gasteiger partial charge in [-0.15, -0.1) is 0 Å². The van der Waals surface area contributed by atoms with E-state index < -0.39 is 0 Å². The summed E-state index contributed by atoms with van der Waals surface area (Å²) < 4.78 is 11.5. The third kappa shape index (κ3) is 2.56. The van der Waals surface area contributed by atoms with Crippen LogP contribution in [0.5, 0.6) is 11.5 Å². The molecule has 1 aromatic heterocycles. The number of rotatable bonds is 4. The van der Waals surface area contributed by atoms with Crippen molar-refractivity contribution in [1.29, 1.82) is 0 Å². The topological polar surface area (TPSA) is 56.3 Å². The fourth-order valence-corrected chi connectivity index (χ4v) is 2.24. The summed E-state index contributed by atoms with van der Waals surface area (Å²) in [6.07, 6.45) is 2.79. The van der Waals surface area contributed by atoms with Crippen LogP contribution in [0.25, 0.3) is 11.4 Å². The average molecular weight is 336 g/mol. The van der Waals surface area contributed by atoms with Crippen LogP contribution in [0.1, 0.15) is 13.3 Å². The van der Waals surface area contributed by atoms with Crippen LogP contribution in [0.3, 0.4) is 0 Å². The van der Waals surface area contributed by atoms with Gasteiger partial charge in [-0.3, -0.25) is 0 Å². The van der Waals surface area contributed by atoms with Gasteiger partial charge in [-0.2, -0.15) is 0 Å². The van der Waals surface area contributed by atoms with Gasteiger partial charge in [0.25, 0.3) is 0 Å². The van der Waals surface area contributed by atoms with E-state index in [4.69, 9.17) is 9.47 Å². The van der Waals surface area contributed by atoms with Crippen LogP contribution in [-0.2, 0) is 0 Å². The minimum atomic E-state index is 0.267. The maximum absolute atomic E-state index is 5.38. The van der Waals surface area contributed by atoms with Crippen molar-refractivity contribution >= 4 is 21.7 Å². The summed E-state index contributed by atoms with van der Waals surface area (Å²) in [4.78, 5) is 8.89. The van der Waals surface area contributed by atoms with Gasteiger partial charge in [0.15, 0.2) is 17.3 Å². The summed E-state index contributed by atoms with van der Waals surface area (Å²) >= 11 is 3.45. The quantitative estimate of drug-likeness (QED) is 0.927. The highest BCUT2D eigenvalue weighted by atomic mass is 79.9. The number of halogens is 1. The lowest BCUT2D eigenvalue weighted by molar-refractivity contribution is 0.174. The van der Waals surface area contributed by atoms with E-state index in [9.17, 15) is 0 Å². The van der Waals surface area contributed by atoms with E-state index in [-0.39, 0.29) is 6.79 Å². The molecule has 1 N–H and O–H groups in total. The highest BCUT2D eigenvalue weighted by Crippen LogP contribution is 2.35. The van der Waals surface area contributed by atoms with E-state index in [1.54, 1.807) is 6.20 Å². The van der Waals surface area contributed by atoms with Crippen molar-refractivity contribution in [2.24, 2.45) is 0 Å². The van der Waals surface area contributed by atoms with Crippen molar-refractivity contribution < 1.29 is 9.47 Å². The molecule has 6 heteroatoms. The molecule has 0 amide bonds. The van der Waals surface area contributed by atoms with Crippen molar-refractivity contribution in [3.63, 3.8) is 0 Å². The Morgan fingerprint density at radius 2 is 2.15 bits per heavy atom. The molecule has 0 bridgehead atoms. The maximum atomic E-state index is 5.38. The second-order valence-corrected chi connectivity index (χ2v) is 5.24. The summed E-state index contributed by atoms with van der Waals surface area (Å²) in [5, 5.41) is 3.27. The van der Waals surface area contributed by atoms with E-state index in [1.807, 2.05) is 18.2 Å². The molecule has 0 radical (unpaired) electrons. The van der Waals surface area contributed by atoms with Crippen LogP contribution in [0.15, 0.2) is 28.9 Å². The third-order valence-electron chi connectivity index (χ3n) is 2.92. The zero-order valence-electron chi connectivity index (χ0n) is 11.0. The summed E-state index contributed by atoms with van der Waals surface area (Å²) in [7, 11) is 0. The molecule has 20 heavy (non-hydrogen) atoms. The summed E-state index contributed by atoms with van der Waals surface area (Å²) in [5.74, 6) is 2.95. The lowest BCUT2D eigenvalue weighted by Crippen LogP contribution is -2.04. The maximum Gasteiger partial charge on any atom is 0.231 e. The molecular formula is C14H14BrN3O2. The zero-order chi connectivity index (χ0) is 13.9. The Kier molecular flexibility index (Phi) is 3.73. The van der Waals surface area contributed by atoms with Crippen molar-refractivity contribution in [1.82, 2.24) is 9.97 Å². The number of aromatic nitrogens is 2. The summed E-state index contributed by atoms with van der Waals surface area (Å²) in [6.45, 7) is 3.25. The zero-order valence-corrected chi connectivity index (χ0v) is 12.6. The van der Waals surface area contributed by atoms with Gasteiger partial charge in [0.1, 0.15) is 5.82 Å². The fourth-order valence-electron chi connectivity index (χ4n) is 1.91. The van der Waals surface area contributed by atoms with E-state index in [2.05, 4.69) is 38.1 Å². The summed E-state index contributed by atoms with van der Waals surface area (Å²) in [5.41, 5.74) is 0.904. The fraction of sp³-hybridized carbons (Fsp3) is 0.286. The molecule has 0 aliphatic carbocycles. The highest BCUT2D eigenvalue weighted by Gasteiger charge is 2.15. The average Bonchev–Trinajstić information content (AvgIpc) is 2.94. The minimum Gasteiger partial charge on any atom is -0.454 e. The monoisotopic (exact) mass is 335 g/mol. The largest absolute Gasteiger partial charge is 0.454 e. The van der Waals surface area contributed by atoms with Gasteiger partial charge in [-0.25, -0.2) is 9.97 Å². The van der Waals surface area contributed by atoms with Gasteiger partial charge in [0.2, 0.25) is 6.79 Å². The molecular weight excluding hydrogens is 322 g/mol. The van der Waals surface area contributed by atoms with Crippen LogP contribution in [0.2, 0.25) is 0 Å². The van der Waals surface area contributed by atoms with E-state index >= 15 is 0 Å². The third-order valence-corrected chi connectivity index (χ3v) is 3.50. The Morgan fingerprint density at radius 1 is 1.30 bits per heavy atom. The number of nitrogens with one attached hydrogen (secondary N) is 1. The van der Waals surface area contributed by atoms with Gasteiger partial charge < -0.3 is 14.8 Å². The lowest BCUT2D eigenvalue weighted by atomic mass is 10.2. The van der Waals surface area contributed by atoms with Crippen LogP contribution < -0.4 is 14.8 Å². The van der Waals surface area contributed by atoms with E-state index in [0.717, 1.165) is 40.3 Å². The van der Waals surface area contributed by atoms with Crippen molar-refractivity contribution in [3.05, 3.63) is 28.9 Å². The predicted molar refractivity (Wildman–Crippen MR) is 80.1 cm³/mol. The van der Waals surface area contributed by atoms with Gasteiger partial charge in [0, 0.05) is 18.3 Å². The first kappa shape index (κ1) is 13.2. The number of fused-ring (bicyclic) bond motifs is 1. The van der Waals surface area contributed by atoms with E-state index in [0.29, 0.717) is 5.82 Å². The predicted octanol–water partition coefficient (Wildman–Crippen LogP) is 3.46. The molecule has 1 aromatic carbocycles. The molecule has 3 rings (SSSR count). The summed E-state index contributed by atoms with van der Waals surface area (Å²) in [6, 6.07) is 5.71. The Hall–Kier alpha value is -1.82. The first-order chi connectivity index (χ1) is 9.78. The Labute approximate surface area is 125 Å². The SMILES string of the molecule is CCCNc1nc(-c2ccc3c(c2)OCO3)ncc1Br. The molecule has 0 unspecified atom stereocenters. The van der Waals surface area contributed by atoms with Crippen molar-refractivity contribution in [2.75, 3.05) is 18.7 Å². The second kappa shape index (κ2) is 5.66. The standard InChI is InChI=1S/C14H14BrN3O2/c1-2-5-16-14-10(15)7-17-13(18-14)9-3-4-11-12(6-9)20-8-19-11/h3-4,6-7H,2,5,8H2,1H3,(H,16,17,18). The minimum absolute atomic E-state index is 0.267. The first-order valence-electron chi connectivity index (χ1n) is 6.44. The smallest absolute Gasteiger partial charge is 0.231 e. The number of nitrogens with zero attached hydrogens (tertiary/aromatic N) is 2. The van der Waals surface area contributed by atoms with Gasteiger partial charge in [-0.1, -0.05) is 6.92 Å². The van der Waals surface area contributed by atoms with E-state index in [1.165, 1.54) is 0 Å². The Balaban J connectivity index is 1.93. The number of hydrogen-bond donors (Lipinski definition) is 1. The molecule has 0 atom stereocenters. The first-order valence-corrected chi connectivity index (χ1v) is 7.23. The Bertz CT molecular complexity index is 634. The van der Waals surface area contributed by atoms with Crippen molar-refractivity contribution in [2.45, 2.75) is 13.3 Å². The molecule has 0 saturated heterocycles. The van der Waals surface area contributed by atoms with Crippen LogP contribution in [-0.4, -0.2) is 23.3 Å². The van der Waals surface area contributed by atoms with Crippen LogP contribution in [0, 0.1) is 0 Å². The number of hydrogen-bond acceptors (Lipinski definition) is 5. The van der Waals surface area contributed by atoms with Gasteiger partial charge >= 0.3 is 0 Å². The number of anilines is 1. The molecule has 2 aromatic rings. The van der Waals surface area contributed by atoms with Gasteiger partial charge in [-0.05, 0) is 40.5 Å². The van der Waals surface area contributed by atoms with Crippen LogP contribution >= 0.6 is 15.9 Å². The lowest BCUT2D eigenvalue weighted by Gasteiger charge is -2.08. The molecule has 0 spiro atoms. The molecule has 0 fully saturated rings. The molecule has 1 aliphatic heterocycles. The second-order valence-electron chi connectivity index (χ2n) is 4.38. The molecule has 104 valence electrons. The molecule has 5 nitrogen and oxygen atoms in total. The molecule has 0 saturated carbocycles. The van der Waals surface area contributed by atoms with Crippen LogP contribution in [0.4, 0.5) is 5.82 Å². The van der Waals surface area contributed by atoms with Gasteiger partial charge in [0.05, 0.1) is 4.47 Å².